The van der Waals surface area contributed by atoms with E-state index in [4.69, 9.17) is 10.2 Å². The zero-order valence-electron chi connectivity index (χ0n) is 9.93. The van der Waals surface area contributed by atoms with Crippen LogP contribution in [0.2, 0.25) is 0 Å². The number of oxazole rings is 1. The third kappa shape index (κ3) is 3.18. The highest BCUT2D eigenvalue weighted by Crippen LogP contribution is 2.22. The van der Waals surface area contributed by atoms with Gasteiger partial charge in [-0.05, 0) is 25.1 Å². The van der Waals surface area contributed by atoms with Gasteiger partial charge in [-0.1, -0.05) is 12.1 Å². The van der Waals surface area contributed by atoms with Crippen molar-refractivity contribution in [2.75, 3.05) is 11.9 Å². The van der Waals surface area contributed by atoms with Crippen LogP contribution in [-0.4, -0.2) is 17.4 Å². The second-order valence-corrected chi connectivity index (χ2v) is 3.89. The van der Waals surface area contributed by atoms with Crippen LogP contribution in [0.25, 0.3) is 11.3 Å². The number of carbonyl (C=O) groups excluding carboxylic acids is 1. The standard InChI is InChI=1S/C13H15N3O2/c14-6-2-5-13(17)16-11-4-1-3-10(7-11)12-8-15-9-18-12/h1,3-4,7-9H,2,5-6,14H2,(H,16,17). The van der Waals surface area contributed by atoms with Gasteiger partial charge in [0, 0.05) is 17.7 Å². The fourth-order valence-corrected chi connectivity index (χ4v) is 1.59. The molecule has 0 aliphatic heterocycles. The summed E-state index contributed by atoms with van der Waals surface area (Å²) in [6.07, 6.45) is 4.13. The molecule has 18 heavy (non-hydrogen) atoms. The Morgan fingerprint density at radius 1 is 1.44 bits per heavy atom. The molecule has 0 aliphatic carbocycles. The van der Waals surface area contributed by atoms with Gasteiger partial charge in [0.15, 0.2) is 12.2 Å². The molecule has 0 aliphatic rings. The van der Waals surface area contributed by atoms with Gasteiger partial charge < -0.3 is 15.5 Å². The molecule has 0 saturated heterocycles. The molecule has 0 spiro atoms. The summed E-state index contributed by atoms with van der Waals surface area (Å²) in [6, 6.07) is 7.44. The largest absolute Gasteiger partial charge is 0.444 e. The van der Waals surface area contributed by atoms with Gasteiger partial charge in [-0.2, -0.15) is 0 Å². The predicted octanol–water partition coefficient (Wildman–Crippen LogP) is 2.02. The Bertz CT molecular complexity index is 509. The Morgan fingerprint density at radius 3 is 3.06 bits per heavy atom. The Kier molecular flexibility index (Phi) is 4.09. The number of rotatable bonds is 5. The summed E-state index contributed by atoms with van der Waals surface area (Å²) in [4.78, 5) is 15.4. The normalized spacial score (nSPS) is 10.3. The van der Waals surface area contributed by atoms with Crippen LogP contribution in [0.5, 0.6) is 0 Å². The molecule has 5 nitrogen and oxygen atoms in total. The highest BCUT2D eigenvalue weighted by molar-refractivity contribution is 5.91. The van der Waals surface area contributed by atoms with Crippen molar-refractivity contribution in [1.29, 1.82) is 0 Å². The zero-order valence-corrected chi connectivity index (χ0v) is 9.93. The van der Waals surface area contributed by atoms with Crippen LogP contribution < -0.4 is 11.1 Å². The van der Waals surface area contributed by atoms with Crippen LogP contribution in [0.15, 0.2) is 41.3 Å². The Balaban J connectivity index is 2.06. The van der Waals surface area contributed by atoms with E-state index in [1.54, 1.807) is 6.20 Å². The monoisotopic (exact) mass is 245 g/mol. The Hall–Kier alpha value is -2.14. The fraction of sp³-hybridized carbons (Fsp3) is 0.231. The van der Waals surface area contributed by atoms with E-state index in [1.807, 2.05) is 24.3 Å². The number of carbonyl (C=O) groups is 1. The van der Waals surface area contributed by atoms with Crippen molar-refractivity contribution >= 4 is 11.6 Å². The molecule has 2 aromatic rings. The number of nitrogens with one attached hydrogen (secondary N) is 1. The van der Waals surface area contributed by atoms with Gasteiger partial charge in [0.1, 0.15) is 0 Å². The number of hydrogen-bond acceptors (Lipinski definition) is 4. The molecule has 3 N–H and O–H groups in total. The molecule has 0 atom stereocenters. The zero-order chi connectivity index (χ0) is 12.8. The van der Waals surface area contributed by atoms with Crippen molar-refractivity contribution < 1.29 is 9.21 Å². The third-order valence-corrected chi connectivity index (χ3v) is 2.47. The van der Waals surface area contributed by atoms with Gasteiger partial charge in [-0.15, -0.1) is 0 Å². The lowest BCUT2D eigenvalue weighted by Gasteiger charge is -2.05. The first kappa shape index (κ1) is 12.3. The SMILES string of the molecule is NCCCC(=O)Nc1cccc(-c2cnco2)c1. The molecular weight excluding hydrogens is 230 g/mol. The lowest BCUT2D eigenvalue weighted by molar-refractivity contribution is -0.116. The minimum atomic E-state index is -0.0323. The third-order valence-electron chi connectivity index (χ3n) is 2.47. The number of nitrogens with two attached hydrogens (primary N) is 1. The number of hydrogen-bond donors (Lipinski definition) is 2. The predicted molar refractivity (Wildman–Crippen MR) is 68.9 cm³/mol. The number of nitrogens with zero attached hydrogens (tertiary/aromatic N) is 1. The summed E-state index contributed by atoms with van der Waals surface area (Å²) < 4.78 is 5.20. The average Bonchev–Trinajstić information content (AvgIpc) is 2.90. The first-order valence-corrected chi connectivity index (χ1v) is 5.78. The minimum absolute atomic E-state index is 0.0323. The van der Waals surface area contributed by atoms with E-state index in [-0.39, 0.29) is 5.91 Å². The Morgan fingerprint density at radius 2 is 2.33 bits per heavy atom. The maximum Gasteiger partial charge on any atom is 0.224 e. The number of benzene rings is 1. The van der Waals surface area contributed by atoms with Crippen LogP contribution in [-0.2, 0) is 4.79 Å². The topological polar surface area (TPSA) is 81.2 Å². The average molecular weight is 245 g/mol. The van der Waals surface area contributed by atoms with Gasteiger partial charge in [0.25, 0.3) is 0 Å². The van der Waals surface area contributed by atoms with E-state index in [1.165, 1.54) is 6.39 Å². The van der Waals surface area contributed by atoms with Crippen LogP contribution in [0.1, 0.15) is 12.8 Å². The summed E-state index contributed by atoms with van der Waals surface area (Å²) in [5.74, 6) is 0.642. The second-order valence-electron chi connectivity index (χ2n) is 3.89. The maximum atomic E-state index is 11.6. The molecule has 0 saturated carbocycles. The number of amides is 1. The minimum Gasteiger partial charge on any atom is -0.444 e. The van der Waals surface area contributed by atoms with Crippen molar-refractivity contribution in [3.63, 3.8) is 0 Å². The molecule has 94 valence electrons. The molecule has 1 aromatic heterocycles. The molecule has 0 bridgehead atoms. The molecular formula is C13H15N3O2. The van der Waals surface area contributed by atoms with Crippen LogP contribution in [0, 0.1) is 0 Å². The highest BCUT2D eigenvalue weighted by atomic mass is 16.3. The molecule has 1 heterocycles. The maximum absolute atomic E-state index is 11.6. The first-order valence-electron chi connectivity index (χ1n) is 5.78. The van der Waals surface area contributed by atoms with Crippen molar-refractivity contribution in [1.82, 2.24) is 4.98 Å². The van der Waals surface area contributed by atoms with Gasteiger partial charge in [0.05, 0.1) is 6.20 Å². The van der Waals surface area contributed by atoms with E-state index in [0.717, 1.165) is 11.3 Å². The second kappa shape index (κ2) is 5.97. The van der Waals surface area contributed by atoms with Crippen molar-refractivity contribution in [2.24, 2.45) is 5.73 Å². The van der Waals surface area contributed by atoms with E-state index in [0.29, 0.717) is 25.1 Å². The van der Waals surface area contributed by atoms with E-state index < -0.39 is 0 Å². The van der Waals surface area contributed by atoms with Crippen LogP contribution in [0.4, 0.5) is 5.69 Å². The summed E-state index contributed by atoms with van der Waals surface area (Å²) in [5.41, 5.74) is 6.98. The van der Waals surface area contributed by atoms with E-state index in [9.17, 15) is 4.79 Å². The summed E-state index contributed by atoms with van der Waals surface area (Å²) >= 11 is 0. The van der Waals surface area contributed by atoms with E-state index >= 15 is 0 Å². The summed E-state index contributed by atoms with van der Waals surface area (Å²) in [5, 5.41) is 2.82. The molecule has 0 unspecified atom stereocenters. The number of aromatic nitrogens is 1. The first-order chi connectivity index (χ1) is 8.79. The van der Waals surface area contributed by atoms with Crippen molar-refractivity contribution in [3.8, 4) is 11.3 Å². The molecule has 0 fully saturated rings. The smallest absolute Gasteiger partial charge is 0.224 e. The van der Waals surface area contributed by atoms with Crippen LogP contribution >= 0.6 is 0 Å². The highest BCUT2D eigenvalue weighted by Gasteiger charge is 2.05. The lowest BCUT2D eigenvalue weighted by atomic mass is 10.1. The fourth-order valence-electron chi connectivity index (χ4n) is 1.59. The molecule has 1 aromatic carbocycles. The van der Waals surface area contributed by atoms with E-state index in [2.05, 4.69) is 10.3 Å². The molecule has 5 heteroatoms. The summed E-state index contributed by atoms with van der Waals surface area (Å²) in [7, 11) is 0. The van der Waals surface area contributed by atoms with Gasteiger partial charge >= 0.3 is 0 Å². The lowest BCUT2D eigenvalue weighted by Crippen LogP contribution is -2.13. The molecule has 2 rings (SSSR count). The van der Waals surface area contributed by atoms with Gasteiger partial charge in [-0.3, -0.25) is 4.79 Å². The molecule has 1 amide bonds. The van der Waals surface area contributed by atoms with Crippen LogP contribution in [0.3, 0.4) is 0 Å². The summed E-state index contributed by atoms with van der Waals surface area (Å²) in [6.45, 7) is 0.519. The van der Waals surface area contributed by atoms with Gasteiger partial charge in [-0.25, -0.2) is 4.98 Å². The van der Waals surface area contributed by atoms with Crippen molar-refractivity contribution in [2.45, 2.75) is 12.8 Å². The number of anilines is 1. The Labute approximate surface area is 105 Å². The molecule has 0 radical (unpaired) electrons. The quantitative estimate of drug-likeness (QED) is 0.844. The van der Waals surface area contributed by atoms with Gasteiger partial charge in [0.2, 0.25) is 5.91 Å². The van der Waals surface area contributed by atoms with Crippen molar-refractivity contribution in [3.05, 3.63) is 36.9 Å².